The number of benzene rings is 2. The summed E-state index contributed by atoms with van der Waals surface area (Å²) in [5, 5.41) is 20.9. The van der Waals surface area contributed by atoms with Crippen molar-refractivity contribution in [3.05, 3.63) is 76.2 Å². The molecule has 1 aliphatic heterocycles. The Bertz CT molecular complexity index is 1090. The maximum absolute atomic E-state index is 12.0. The van der Waals surface area contributed by atoms with Gasteiger partial charge in [0, 0.05) is 18.2 Å². The van der Waals surface area contributed by atoms with E-state index in [-0.39, 0.29) is 24.2 Å². The number of non-ortho nitro benzene ring substituents is 1. The molecule has 1 aromatic heterocycles. The van der Waals surface area contributed by atoms with Crippen molar-refractivity contribution in [1.29, 1.82) is 0 Å². The predicted molar refractivity (Wildman–Crippen MR) is 100 cm³/mol. The monoisotopic (exact) mass is 394 g/mol. The molecule has 0 radical (unpaired) electrons. The molecule has 2 heterocycles. The van der Waals surface area contributed by atoms with Crippen molar-refractivity contribution in [2.45, 2.75) is 6.10 Å². The number of nitrogens with one attached hydrogen (secondary N) is 1. The lowest BCUT2D eigenvalue weighted by Crippen LogP contribution is -2.21. The minimum atomic E-state index is -0.594. The van der Waals surface area contributed by atoms with Crippen LogP contribution in [0.5, 0.6) is 11.5 Å². The zero-order valence-electron chi connectivity index (χ0n) is 14.8. The molecule has 146 valence electrons. The first-order valence-electron chi connectivity index (χ1n) is 8.54. The normalized spacial score (nSPS) is 15.2. The summed E-state index contributed by atoms with van der Waals surface area (Å²) in [7, 11) is 0. The molecule has 1 N–H and O–H groups in total. The third-order valence-corrected chi connectivity index (χ3v) is 3.96. The number of para-hydroxylation sites is 2. The number of hydrogen-bond acceptors (Lipinski definition) is 8. The molecule has 1 aliphatic rings. The number of fused-ring (bicyclic) bond motifs is 1. The number of rotatable bonds is 5. The van der Waals surface area contributed by atoms with Crippen LogP contribution < -0.4 is 14.8 Å². The van der Waals surface area contributed by atoms with Crippen molar-refractivity contribution in [3.63, 3.8) is 0 Å². The Morgan fingerprint density at radius 1 is 1.17 bits per heavy atom. The molecule has 0 aliphatic carbocycles. The number of aromatic nitrogens is 2. The molecule has 10 heteroatoms. The van der Waals surface area contributed by atoms with Gasteiger partial charge in [-0.05, 0) is 23.8 Å². The summed E-state index contributed by atoms with van der Waals surface area (Å²) in [5.41, 5.74) is 0.442. The van der Waals surface area contributed by atoms with Gasteiger partial charge in [0.1, 0.15) is 6.61 Å². The fraction of sp³-hybridized carbons (Fsp3) is 0.105. The van der Waals surface area contributed by atoms with Crippen LogP contribution >= 0.6 is 0 Å². The third-order valence-electron chi connectivity index (χ3n) is 3.96. The molecule has 0 saturated carbocycles. The molecule has 0 bridgehead atoms. The second-order valence-electron chi connectivity index (χ2n) is 5.98. The molecule has 1 atom stereocenters. The van der Waals surface area contributed by atoms with Gasteiger partial charge in [0.05, 0.1) is 4.92 Å². The van der Waals surface area contributed by atoms with Crippen LogP contribution in [0.4, 0.5) is 11.7 Å². The molecule has 0 saturated heterocycles. The lowest BCUT2D eigenvalue weighted by molar-refractivity contribution is -0.384. The van der Waals surface area contributed by atoms with Crippen molar-refractivity contribution >= 4 is 23.7 Å². The number of ether oxygens (including phenoxy) is 2. The summed E-state index contributed by atoms with van der Waals surface area (Å²) in [6.07, 6.45) is 2.05. The number of nitro benzene ring substituents is 1. The fourth-order valence-electron chi connectivity index (χ4n) is 2.62. The van der Waals surface area contributed by atoms with Gasteiger partial charge in [-0.15, -0.1) is 5.10 Å². The van der Waals surface area contributed by atoms with E-state index in [0.717, 1.165) is 0 Å². The Labute approximate surface area is 163 Å². The van der Waals surface area contributed by atoms with Crippen LogP contribution in [0.1, 0.15) is 17.6 Å². The van der Waals surface area contributed by atoms with E-state index in [1.54, 1.807) is 18.2 Å². The van der Waals surface area contributed by atoms with E-state index in [0.29, 0.717) is 17.1 Å². The van der Waals surface area contributed by atoms with Crippen molar-refractivity contribution in [2.75, 3.05) is 11.9 Å². The number of nitro groups is 1. The van der Waals surface area contributed by atoms with Gasteiger partial charge in [0.25, 0.3) is 17.5 Å². The van der Waals surface area contributed by atoms with Crippen molar-refractivity contribution < 1.29 is 23.6 Å². The van der Waals surface area contributed by atoms with E-state index in [2.05, 4.69) is 15.5 Å². The maximum atomic E-state index is 12.0. The van der Waals surface area contributed by atoms with Crippen LogP contribution in [-0.2, 0) is 4.79 Å². The van der Waals surface area contributed by atoms with Gasteiger partial charge in [0.15, 0.2) is 11.5 Å². The summed E-state index contributed by atoms with van der Waals surface area (Å²) in [4.78, 5) is 22.3. The van der Waals surface area contributed by atoms with E-state index < -0.39 is 16.9 Å². The highest BCUT2D eigenvalue weighted by Gasteiger charge is 2.27. The average Bonchev–Trinajstić information content (AvgIpc) is 3.20. The molecule has 2 aromatic carbocycles. The summed E-state index contributed by atoms with van der Waals surface area (Å²) >= 11 is 0. The minimum Gasteiger partial charge on any atom is -0.485 e. The second-order valence-corrected chi connectivity index (χ2v) is 5.98. The highest BCUT2D eigenvalue weighted by atomic mass is 16.6. The van der Waals surface area contributed by atoms with Gasteiger partial charge in [0.2, 0.25) is 6.10 Å². The number of carbonyl (C=O) groups excluding carboxylic acids is 1. The maximum Gasteiger partial charge on any atom is 0.322 e. The second kappa shape index (κ2) is 7.80. The Hall–Kier alpha value is -4.21. The smallest absolute Gasteiger partial charge is 0.322 e. The topological polar surface area (TPSA) is 130 Å². The van der Waals surface area contributed by atoms with E-state index in [9.17, 15) is 14.9 Å². The summed E-state index contributed by atoms with van der Waals surface area (Å²) < 4.78 is 16.8. The lowest BCUT2D eigenvalue weighted by atomic mass is 10.2. The third kappa shape index (κ3) is 4.21. The lowest BCUT2D eigenvalue weighted by Gasteiger charge is -2.23. The van der Waals surface area contributed by atoms with Crippen molar-refractivity contribution in [1.82, 2.24) is 10.2 Å². The Balaban J connectivity index is 1.38. The Kier molecular flexibility index (Phi) is 4.89. The Morgan fingerprint density at radius 2 is 2.00 bits per heavy atom. The molecule has 1 amide bonds. The minimum absolute atomic E-state index is 0.0645. The number of hydrogen-bond donors (Lipinski definition) is 1. The van der Waals surface area contributed by atoms with E-state index in [1.165, 1.54) is 30.4 Å². The van der Waals surface area contributed by atoms with Gasteiger partial charge in [-0.1, -0.05) is 29.4 Å². The van der Waals surface area contributed by atoms with Gasteiger partial charge >= 0.3 is 6.01 Å². The van der Waals surface area contributed by atoms with Gasteiger partial charge in [-0.25, -0.2) is 0 Å². The Morgan fingerprint density at radius 3 is 2.83 bits per heavy atom. The first-order chi connectivity index (χ1) is 14.1. The van der Waals surface area contributed by atoms with Crippen molar-refractivity contribution in [3.8, 4) is 11.5 Å². The largest absolute Gasteiger partial charge is 0.485 e. The van der Waals surface area contributed by atoms with Crippen LogP contribution in [0.25, 0.3) is 6.08 Å². The summed E-state index contributed by atoms with van der Waals surface area (Å²) in [6, 6.07) is 13.0. The highest BCUT2D eigenvalue weighted by Crippen LogP contribution is 2.35. The molecule has 1 unspecified atom stereocenters. The van der Waals surface area contributed by atoms with Gasteiger partial charge in [-0.3, -0.25) is 20.2 Å². The fourth-order valence-corrected chi connectivity index (χ4v) is 2.62. The zero-order chi connectivity index (χ0) is 20.2. The van der Waals surface area contributed by atoms with E-state index in [1.807, 2.05) is 12.1 Å². The van der Waals surface area contributed by atoms with Crippen molar-refractivity contribution in [2.24, 2.45) is 0 Å². The van der Waals surface area contributed by atoms with E-state index >= 15 is 0 Å². The SMILES string of the molecule is O=C(C=Cc1cccc([N+](=O)[O-])c1)Nc1nnc(C2COc3ccccc3O2)o1. The standard InChI is InChI=1S/C19H14N4O6/c24-17(9-8-12-4-3-5-13(10-12)23(25)26)20-19-22-21-18(29-19)16-11-27-14-6-1-2-7-15(14)28-16/h1-10,16H,11H2,(H,20,22,24). The average molecular weight is 394 g/mol. The first-order valence-corrected chi connectivity index (χ1v) is 8.54. The predicted octanol–water partition coefficient (Wildman–Crippen LogP) is 3.14. The molecule has 4 rings (SSSR count). The molecule has 29 heavy (non-hydrogen) atoms. The van der Waals surface area contributed by atoms with Crippen LogP contribution in [0.3, 0.4) is 0 Å². The zero-order valence-corrected chi connectivity index (χ0v) is 14.8. The molecular weight excluding hydrogens is 380 g/mol. The molecule has 10 nitrogen and oxygen atoms in total. The van der Waals surface area contributed by atoms with Crippen LogP contribution in [0, 0.1) is 10.1 Å². The quantitative estimate of drug-likeness (QED) is 0.397. The van der Waals surface area contributed by atoms with Crippen LogP contribution in [-0.4, -0.2) is 27.6 Å². The number of anilines is 1. The van der Waals surface area contributed by atoms with Crippen LogP contribution in [0.2, 0.25) is 0 Å². The molecule has 0 fully saturated rings. The summed E-state index contributed by atoms with van der Waals surface area (Å²) in [5.74, 6) is 0.825. The summed E-state index contributed by atoms with van der Waals surface area (Å²) in [6.45, 7) is 0.194. The first kappa shape index (κ1) is 18.2. The molecule has 3 aromatic rings. The van der Waals surface area contributed by atoms with Crippen LogP contribution in [0.15, 0.2) is 59.0 Å². The molecular formula is C19H14N4O6. The highest BCUT2D eigenvalue weighted by molar-refractivity contribution is 6.00. The molecule has 0 spiro atoms. The van der Waals surface area contributed by atoms with E-state index in [4.69, 9.17) is 13.9 Å². The van der Waals surface area contributed by atoms with Gasteiger partial charge in [-0.2, -0.15) is 0 Å². The van der Waals surface area contributed by atoms with Gasteiger partial charge < -0.3 is 13.9 Å². The number of nitrogens with zero attached hydrogens (tertiary/aromatic N) is 3. The number of amides is 1. The number of carbonyl (C=O) groups is 1.